The lowest BCUT2D eigenvalue weighted by atomic mass is 10.1. The molecule has 1 unspecified atom stereocenters. The van der Waals surface area contributed by atoms with E-state index in [1.54, 1.807) is 6.92 Å². The molecule has 3 amide bonds. The number of carbonyl (C=O) groups is 2. The highest BCUT2D eigenvalue weighted by atomic mass is 16.2. The number of rotatable bonds is 11. The lowest BCUT2D eigenvalue weighted by molar-refractivity contribution is -0.121. The van der Waals surface area contributed by atoms with Gasteiger partial charge >= 0.3 is 6.03 Å². The molecule has 0 aromatic heterocycles. The van der Waals surface area contributed by atoms with E-state index < -0.39 is 6.03 Å². The van der Waals surface area contributed by atoms with Crippen LogP contribution in [0, 0.1) is 0 Å². The van der Waals surface area contributed by atoms with Gasteiger partial charge in [-0.3, -0.25) is 10.1 Å². The standard InChI is InChI=1S/C15H31N3O2/c1-4-5-6-7-8-9-10-11-12-17-13(2)14(19)18-15(20)16-3/h13,17H,4-12H2,1-3H3,(H2,16,18,19,20). The van der Waals surface area contributed by atoms with Gasteiger partial charge in [-0.25, -0.2) is 4.79 Å². The average Bonchev–Trinajstić information content (AvgIpc) is 2.45. The second kappa shape index (κ2) is 12.9. The fourth-order valence-corrected chi connectivity index (χ4v) is 1.95. The maximum atomic E-state index is 11.5. The molecule has 20 heavy (non-hydrogen) atoms. The number of carbonyl (C=O) groups excluding carboxylic acids is 2. The van der Waals surface area contributed by atoms with Gasteiger partial charge in [0.15, 0.2) is 0 Å². The summed E-state index contributed by atoms with van der Waals surface area (Å²) in [7, 11) is 1.49. The van der Waals surface area contributed by atoms with Gasteiger partial charge in [-0.2, -0.15) is 0 Å². The molecular formula is C15H31N3O2. The second-order valence-electron chi connectivity index (χ2n) is 5.22. The fourth-order valence-electron chi connectivity index (χ4n) is 1.95. The van der Waals surface area contributed by atoms with E-state index in [0.717, 1.165) is 13.0 Å². The molecule has 0 radical (unpaired) electrons. The summed E-state index contributed by atoms with van der Waals surface area (Å²) >= 11 is 0. The smallest absolute Gasteiger partial charge is 0.321 e. The van der Waals surface area contributed by atoms with Crippen molar-refractivity contribution in [3.8, 4) is 0 Å². The molecular weight excluding hydrogens is 254 g/mol. The summed E-state index contributed by atoms with van der Waals surface area (Å²) in [5.41, 5.74) is 0. The molecule has 0 spiro atoms. The minimum atomic E-state index is -0.462. The van der Waals surface area contributed by atoms with Crippen molar-refractivity contribution < 1.29 is 9.59 Å². The van der Waals surface area contributed by atoms with E-state index in [1.165, 1.54) is 52.0 Å². The van der Waals surface area contributed by atoms with Crippen molar-refractivity contribution in [3.05, 3.63) is 0 Å². The summed E-state index contributed by atoms with van der Waals surface area (Å²) in [4.78, 5) is 22.5. The fraction of sp³-hybridized carbons (Fsp3) is 0.867. The van der Waals surface area contributed by atoms with Crippen LogP contribution in [0.4, 0.5) is 4.79 Å². The van der Waals surface area contributed by atoms with Crippen LogP contribution in [-0.2, 0) is 4.79 Å². The zero-order valence-electron chi connectivity index (χ0n) is 13.3. The molecule has 0 saturated carbocycles. The molecule has 0 aliphatic carbocycles. The van der Waals surface area contributed by atoms with Crippen molar-refractivity contribution in [2.75, 3.05) is 13.6 Å². The number of amides is 3. The summed E-state index contributed by atoms with van der Waals surface area (Å²) in [6, 6.07) is -0.799. The van der Waals surface area contributed by atoms with Gasteiger partial charge in [0, 0.05) is 7.05 Å². The van der Waals surface area contributed by atoms with Crippen LogP contribution in [0.25, 0.3) is 0 Å². The molecule has 0 aliphatic rings. The zero-order valence-corrected chi connectivity index (χ0v) is 13.3. The molecule has 0 saturated heterocycles. The van der Waals surface area contributed by atoms with Crippen LogP contribution >= 0.6 is 0 Å². The Labute approximate surface area is 123 Å². The van der Waals surface area contributed by atoms with E-state index in [1.807, 2.05) is 0 Å². The quantitative estimate of drug-likeness (QED) is 0.511. The van der Waals surface area contributed by atoms with E-state index in [4.69, 9.17) is 0 Å². The Morgan fingerprint density at radius 3 is 2.05 bits per heavy atom. The van der Waals surface area contributed by atoms with E-state index in [2.05, 4.69) is 22.9 Å². The third kappa shape index (κ3) is 10.8. The summed E-state index contributed by atoms with van der Waals surface area (Å²) in [5, 5.41) is 7.75. The minimum Gasteiger partial charge on any atom is -0.341 e. The van der Waals surface area contributed by atoms with Crippen molar-refractivity contribution in [2.45, 2.75) is 71.3 Å². The van der Waals surface area contributed by atoms with Crippen LogP contribution in [0.3, 0.4) is 0 Å². The summed E-state index contributed by atoms with van der Waals surface area (Å²) < 4.78 is 0. The minimum absolute atomic E-state index is 0.288. The highest BCUT2D eigenvalue weighted by Crippen LogP contribution is 2.07. The summed E-state index contributed by atoms with van der Waals surface area (Å²) in [6.45, 7) is 4.81. The van der Waals surface area contributed by atoms with Gasteiger partial charge in [0.1, 0.15) is 0 Å². The SMILES string of the molecule is CCCCCCCCCCNC(C)C(=O)NC(=O)NC. The van der Waals surface area contributed by atoms with Crippen molar-refractivity contribution >= 4 is 11.9 Å². The highest BCUT2D eigenvalue weighted by molar-refractivity contribution is 5.96. The van der Waals surface area contributed by atoms with Crippen molar-refractivity contribution in [3.63, 3.8) is 0 Å². The number of hydrogen-bond acceptors (Lipinski definition) is 3. The molecule has 1 atom stereocenters. The molecule has 0 aliphatic heterocycles. The van der Waals surface area contributed by atoms with Gasteiger partial charge < -0.3 is 10.6 Å². The van der Waals surface area contributed by atoms with Crippen molar-refractivity contribution in [1.82, 2.24) is 16.0 Å². The topological polar surface area (TPSA) is 70.2 Å². The molecule has 0 bridgehead atoms. The Bertz CT molecular complexity index is 270. The van der Waals surface area contributed by atoms with Gasteiger partial charge in [0.05, 0.1) is 6.04 Å². The van der Waals surface area contributed by atoms with Crippen LogP contribution in [0.2, 0.25) is 0 Å². The average molecular weight is 285 g/mol. The zero-order chi connectivity index (χ0) is 15.2. The Morgan fingerprint density at radius 1 is 0.950 bits per heavy atom. The number of unbranched alkanes of at least 4 members (excludes halogenated alkanes) is 7. The molecule has 0 aromatic carbocycles. The van der Waals surface area contributed by atoms with Gasteiger partial charge in [-0.1, -0.05) is 51.9 Å². The third-order valence-corrected chi connectivity index (χ3v) is 3.34. The monoisotopic (exact) mass is 285 g/mol. The number of hydrogen-bond donors (Lipinski definition) is 3. The van der Waals surface area contributed by atoms with Crippen molar-refractivity contribution in [1.29, 1.82) is 0 Å². The Kier molecular flexibility index (Phi) is 12.2. The number of nitrogens with one attached hydrogen (secondary N) is 3. The molecule has 118 valence electrons. The first-order valence-electron chi connectivity index (χ1n) is 7.87. The first-order valence-corrected chi connectivity index (χ1v) is 7.87. The lowest BCUT2D eigenvalue weighted by Crippen LogP contribution is -2.47. The van der Waals surface area contributed by atoms with Gasteiger partial charge in [-0.05, 0) is 19.9 Å². The van der Waals surface area contributed by atoms with Crippen molar-refractivity contribution in [2.24, 2.45) is 0 Å². The van der Waals surface area contributed by atoms with Crippen LogP contribution < -0.4 is 16.0 Å². The van der Waals surface area contributed by atoms with E-state index in [0.29, 0.717) is 0 Å². The molecule has 0 rings (SSSR count). The summed E-state index contributed by atoms with van der Waals surface area (Å²) in [5.74, 6) is -0.288. The van der Waals surface area contributed by atoms with Gasteiger partial charge in [0.2, 0.25) is 5.91 Å². The summed E-state index contributed by atoms with van der Waals surface area (Å²) in [6.07, 6.45) is 10.2. The molecule has 0 heterocycles. The maximum Gasteiger partial charge on any atom is 0.321 e. The third-order valence-electron chi connectivity index (χ3n) is 3.34. The van der Waals surface area contributed by atoms with Crippen LogP contribution in [0.15, 0.2) is 0 Å². The predicted octanol–water partition coefficient (Wildman–Crippen LogP) is 2.56. The molecule has 3 N–H and O–H groups in total. The Morgan fingerprint density at radius 2 is 1.50 bits per heavy atom. The van der Waals surface area contributed by atoms with Gasteiger partial charge in [0.25, 0.3) is 0 Å². The lowest BCUT2D eigenvalue weighted by Gasteiger charge is -2.13. The van der Waals surface area contributed by atoms with E-state index in [-0.39, 0.29) is 11.9 Å². The highest BCUT2D eigenvalue weighted by Gasteiger charge is 2.13. The largest absolute Gasteiger partial charge is 0.341 e. The molecule has 0 aromatic rings. The Balaban J connectivity index is 3.41. The van der Waals surface area contributed by atoms with Crippen LogP contribution in [-0.4, -0.2) is 31.6 Å². The van der Waals surface area contributed by atoms with Crippen LogP contribution in [0.1, 0.15) is 65.2 Å². The first-order chi connectivity index (χ1) is 9.61. The van der Waals surface area contributed by atoms with Crippen LogP contribution in [0.5, 0.6) is 0 Å². The normalized spacial score (nSPS) is 11.9. The van der Waals surface area contributed by atoms with E-state index >= 15 is 0 Å². The Hall–Kier alpha value is -1.10. The number of urea groups is 1. The molecule has 5 nitrogen and oxygen atoms in total. The number of imide groups is 1. The molecule has 5 heteroatoms. The predicted molar refractivity (Wildman–Crippen MR) is 82.7 cm³/mol. The maximum absolute atomic E-state index is 11.5. The first kappa shape index (κ1) is 18.9. The van der Waals surface area contributed by atoms with E-state index in [9.17, 15) is 9.59 Å². The van der Waals surface area contributed by atoms with Gasteiger partial charge in [-0.15, -0.1) is 0 Å². The second-order valence-corrected chi connectivity index (χ2v) is 5.22. The molecule has 0 fully saturated rings.